The van der Waals surface area contributed by atoms with Gasteiger partial charge in [-0.3, -0.25) is 0 Å². The van der Waals surface area contributed by atoms with E-state index in [1.54, 1.807) is 0 Å². The third-order valence-electron chi connectivity index (χ3n) is 4.16. The van der Waals surface area contributed by atoms with Crippen LogP contribution in [0.4, 0.5) is 0 Å². The monoisotopic (exact) mass is 269 g/mol. The molecular formula is C15H15N3O2. The van der Waals surface area contributed by atoms with Crippen LogP contribution in [0, 0.1) is 5.92 Å². The van der Waals surface area contributed by atoms with Crippen molar-refractivity contribution in [2.75, 3.05) is 0 Å². The number of aromatic nitrogens is 1. The number of oxime groups is 1. The van der Waals surface area contributed by atoms with E-state index in [1.807, 2.05) is 36.4 Å². The Morgan fingerprint density at radius 2 is 2.05 bits per heavy atom. The Labute approximate surface area is 116 Å². The van der Waals surface area contributed by atoms with E-state index in [0.29, 0.717) is 6.42 Å². The van der Waals surface area contributed by atoms with E-state index in [1.165, 1.54) is 0 Å². The lowest BCUT2D eigenvalue weighted by Gasteiger charge is -2.14. The van der Waals surface area contributed by atoms with Gasteiger partial charge in [-0.05, 0) is 18.6 Å². The highest BCUT2D eigenvalue weighted by atomic mass is 16.7. The first-order chi connectivity index (χ1) is 9.74. The van der Waals surface area contributed by atoms with Crippen LogP contribution >= 0.6 is 0 Å². The summed E-state index contributed by atoms with van der Waals surface area (Å²) in [7, 11) is 0. The van der Waals surface area contributed by atoms with Crippen molar-refractivity contribution in [3.05, 3.63) is 42.1 Å². The average molecular weight is 269 g/mol. The molecule has 4 rings (SSSR count). The Morgan fingerprint density at radius 1 is 1.20 bits per heavy atom. The molecule has 102 valence electrons. The fourth-order valence-electron chi connectivity index (χ4n) is 3.14. The minimum absolute atomic E-state index is 0.0707. The molecule has 2 heterocycles. The van der Waals surface area contributed by atoms with E-state index in [2.05, 4.69) is 10.1 Å². The minimum Gasteiger partial charge on any atom is -0.389 e. The second kappa shape index (κ2) is 4.26. The third kappa shape index (κ3) is 1.63. The van der Waals surface area contributed by atoms with E-state index in [9.17, 15) is 5.11 Å². The largest absolute Gasteiger partial charge is 0.389 e. The number of hydrogen-bond donors (Lipinski definition) is 2. The normalized spacial score (nSPS) is 32.0. The topological polar surface area (TPSA) is 80.7 Å². The number of aliphatic hydroxyl groups excluding tert-OH is 1. The zero-order valence-corrected chi connectivity index (χ0v) is 10.8. The summed E-state index contributed by atoms with van der Waals surface area (Å²) in [4.78, 5) is 9.99. The van der Waals surface area contributed by atoms with Crippen molar-refractivity contribution in [3.63, 3.8) is 0 Å². The second-order valence-corrected chi connectivity index (χ2v) is 5.43. The predicted molar refractivity (Wildman–Crippen MR) is 75.2 cm³/mol. The molecule has 4 atom stereocenters. The van der Waals surface area contributed by atoms with Crippen LogP contribution in [-0.2, 0) is 4.84 Å². The summed E-state index contributed by atoms with van der Waals surface area (Å²) in [5.74, 6) is -0.0707. The molecule has 3 N–H and O–H groups in total. The number of nitrogens with two attached hydrogens (primary N) is 1. The van der Waals surface area contributed by atoms with Crippen molar-refractivity contribution < 1.29 is 9.94 Å². The van der Waals surface area contributed by atoms with Crippen molar-refractivity contribution >= 4 is 16.6 Å². The first-order valence-electron chi connectivity index (χ1n) is 6.77. The molecule has 0 radical (unpaired) electrons. The van der Waals surface area contributed by atoms with Crippen molar-refractivity contribution in [1.29, 1.82) is 0 Å². The SMILES string of the molecule is N[C@@H]1C[C@H](O)[C@H]2ON=C(c3ccc4ccccc4n3)[C@H]21. The minimum atomic E-state index is -0.545. The van der Waals surface area contributed by atoms with E-state index in [0.717, 1.165) is 22.3 Å². The second-order valence-electron chi connectivity index (χ2n) is 5.43. The van der Waals surface area contributed by atoms with Gasteiger partial charge in [0.25, 0.3) is 0 Å². The zero-order valence-electron chi connectivity index (χ0n) is 10.8. The molecule has 5 nitrogen and oxygen atoms in total. The molecular weight excluding hydrogens is 254 g/mol. The van der Waals surface area contributed by atoms with E-state index >= 15 is 0 Å². The average Bonchev–Trinajstić information content (AvgIpc) is 3.01. The maximum absolute atomic E-state index is 9.91. The quantitative estimate of drug-likeness (QED) is 0.810. The Balaban J connectivity index is 1.76. The predicted octanol–water partition coefficient (Wildman–Crippen LogP) is 1.05. The van der Waals surface area contributed by atoms with Gasteiger partial charge in [0.05, 0.1) is 23.2 Å². The molecule has 1 aromatic carbocycles. The lowest BCUT2D eigenvalue weighted by molar-refractivity contribution is -0.0103. The van der Waals surface area contributed by atoms with E-state index in [4.69, 9.17) is 10.6 Å². The molecule has 0 bridgehead atoms. The molecule has 20 heavy (non-hydrogen) atoms. The maximum atomic E-state index is 9.91. The first kappa shape index (κ1) is 11.8. The molecule has 2 aliphatic rings. The summed E-state index contributed by atoms with van der Waals surface area (Å²) in [5.41, 5.74) is 8.55. The van der Waals surface area contributed by atoms with Gasteiger partial charge in [0.15, 0.2) is 6.10 Å². The number of fused-ring (bicyclic) bond motifs is 2. The van der Waals surface area contributed by atoms with Crippen molar-refractivity contribution in [1.82, 2.24) is 4.98 Å². The summed E-state index contributed by atoms with van der Waals surface area (Å²) in [6, 6.07) is 11.8. The number of para-hydroxylation sites is 1. The molecule has 1 saturated carbocycles. The summed E-state index contributed by atoms with van der Waals surface area (Å²) in [5, 5.41) is 15.1. The standard InChI is InChI=1S/C15H15N3O2/c16-9-7-12(19)15-13(9)14(18-20-15)11-6-5-8-3-1-2-4-10(8)17-11/h1-6,9,12-13,15,19H,7,16H2/t9-,12+,13-,15-/m1/s1. The highest BCUT2D eigenvalue weighted by molar-refractivity contribution is 6.03. The van der Waals surface area contributed by atoms with Crippen LogP contribution in [0.2, 0.25) is 0 Å². The van der Waals surface area contributed by atoms with Crippen LogP contribution in [0.25, 0.3) is 10.9 Å². The van der Waals surface area contributed by atoms with Crippen molar-refractivity contribution in [2.24, 2.45) is 16.8 Å². The molecule has 0 amide bonds. The molecule has 0 spiro atoms. The van der Waals surface area contributed by atoms with Gasteiger partial charge in [-0.2, -0.15) is 0 Å². The van der Waals surface area contributed by atoms with Gasteiger partial charge in [-0.15, -0.1) is 0 Å². The van der Waals surface area contributed by atoms with Gasteiger partial charge in [-0.1, -0.05) is 29.4 Å². The molecule has 1 aliphatic heterocycles. The molecule has 1 fully saturated rings. The Hall–Kier alpha value is -1.98. The number of aliphatic hydroxyl groups is 1. The number of nitrogens with zero attached hydrogens (tertiary/aromatic N) is 2. The van der Waals surface area contributed by atoms with Gasteiger partial charge in [-0.25, -0.2) is 4.98 Å². The van der Waals surface area contributed by atoms with Gasteiger partial charge < -0.3 is 15.7 Å². The fourth-order valence-corrected chi connectivity index (χ4v) is 3.14. The molecule has 1 aliphatic carbocycles. The third-order valence-corrected chi connectivity index (χ3v) is 4.16. The van der Waals surface area contributed by atoms with Gasteiger partial charge in [0.2, 0.25) is 0 Å². The Kier molecular flexibility index (Phi) is 2.52. The molecule has 0 saturated heterocycles. The fraction of sp³-hybridized carbons (Fsp3) is 0.333. The molecule has 5 heteroatoms. The van der Waals surface area contributed by atoms with Gasteiger partial charge in [0.1, 0.15) is 5.71 Å². The van der Waals surface area contributed by atoms with Crippen LogP contribution in [0.3, 0.4) is 0 Å². The van der Waals surface area contributed by atoms with Crippen LogP contribution in [0.15, 0.2) is 41.6 Å². The number of rotatable bonds is 1. The molecule has 0 unspecified atom stereocenters. The lowest BCUT2D eigenvalue weighted by atomic mass is 9.94. The summed E-state index contributed by atoms with van der Waals surface area (Å²) in [6.45, 7) is 0. The Morgan fingerprint density at radius 3 is 2.95 bits per heavy atom. The zero-order chi connectivity index (χ0) is 13.7. The van der Waals surface area contributed by atoms with Crippen LogP contribution in [-0.4, -0.2) is 34.1 Å². The number of pyridine rings is 1. The lowest BCUT2D eigenvalue weighted by Crippen LogP contribution is -2.34. The van der Waals surface area contributed by atoms with Crippen LogP contribution in [0.5, 0.6) is 0 Å². The van der Waals surface area contributed by atoms with Crippen LogP contribution < -0.4 is 5.73 Å². The smallest absolute Gasteiger partial charge is 0.163 e. The van der Waals surface area contributed by atoms with E-state index < -0.39 is 6.10 Å². The highest BCUT2D eigenvalue weighted by Crippen LogP contribution is 2.35. The summed E-state index contributed by atoms with van der Waals surface area (Å²) < 4.78 is 0. The van der Waals surface area contributed by atoms with Gasteiger partial charge in [0, 0.05) is 11.4 Å². The molecule has 1 aromatic heterocycles. The number of hydrogen-bond acceptors (Lipinski definition) is 5. The summed E-state index contributed by atoms with van der Waals surface area (Å²) >= 11 is 0. The maximum Gasteiger partial charge on any atom is 0.163 e. The Bertz CT molecular complexity index is 700. The highest BCUT2D eigenvalue weighted by Gasteiger charge is 2.49. The number of benzene rings is 1. The van der Waals surface area contributed by atoms with Crippen molar-refractivity contribution in [3.8, 4) is 0 Å². The molecule has 2 aromatic rings. The van der Waals surface area contributed by atoms with Crippen LogP contribution in [0.1, 0.15) is 12.1 Å². The van der Waals surface area contributed by atoms with E-state index in [-0.39, 0.29) is 18.1 Å². The first-order valence-corrected chi connectivity index (χ1v) is 6.77. The van der Waals surface area contributed by atoms with Crippen molar-refractivity contribution in [2.45, 2.75) is 24.7 Å². The summed E-state index contributed by atoms with van der Waals surface area (Å²) in [6.07, 6.45) is -0.327. The van der Waals surface area contributed by atoms with Gasteiger partial charge >= 0.3 is 0 Å².